The second kappa shape index (κ2) is 12.1. The molecule has 1 N–H and O–H groups in total. The molecule has 7 heteroatoms. The Morgan fingerprint density at radius 2 is 1.56 bits per heavy atom. The molecule has 0 bridgehead atoms. The van der Waals surface area contributed by atoms with Gasteiger partial charge in [-0.25, -0.2) is 4.98 Å². The van der Waals surface area contributed by atoms with Gasteiger partial charge in [0, 0.05) is 16.8 Å². The van der Waals surface area contributed by atoms with Crippen LogP contribution in [0.1, 0.15) is 29.2 Å². The summed E-state index contributed by atoms with van der Waals surface area (Å²) in [4.78, 5) is 18.1. The first kappa shape index (κ1) is 27.7. The predicted molar refractivity (Wildman–Crippen MR) is 158 cm³/mol. The van der Waals surface area contributed by atoms with Crippen molar-refractivity contribution in [2.24, 2.45) is 0 Å². The van der Waals surface area contributed by atoms with E-state index in [2.05, 4.69) is 11.4 Å². The smallest absolute Gasteiger partial charge is 0.237 e. The monoisotopic (exact) mass is 537 g/mol. The van der Waals surface area contributed by atoms with Crippen LogP contribution >= 0.6 is 11.8 Å². The first-order valence-corrected chi connectivity index (χ1v) is 13.4. The maximum atomic E-state index is 13.2. The average Bonchev–Trinajstić information content (AvgIpc) is 2.94. The van der Waals surface area contributed by atoms with Crippen molar-refractivity contribution in [3.8, 4) is 40.0 Å². The van der Waals surface area contributed by atoms with Gasteiger partial charge in [-0.15, -0.1) is 0 Å². The van der Waals surface area contributed by atoms with Gasteiger partial charge in [0.2, 0.25) is 5.91 Å². The number of anilines is 1. The Morgan fingerprint density at radius 3 is 2.18 bits per heavy atom. The molecule has 1 amide bonds. The fourth-order valence-electron chi connectivity index (χ4n) is 4.28. The van der Waals surface area contributed by atoms with Crippen molar-refractivity contribution >= 4 is 23.4 Å². The highest BCUT2D eigenvalue weighted by Gasteiger charge is 2.23. The Bertz CT molecular complexity index is 1540. The maximum absolute atomic E-state index is 13.2. The number of nitriles is 1. The molecular formula is C32H31N3O3S. The van der Waals surface area contributed by atoms with Gasteiger partial charge in [0.1, 0.15) is 11.1 Å². The molecule has 1 heterocycles. The normalized spacial score (nSPS) is 11.4. The molecule has 6 nitrogen and oxygen atoms in total. The van der Waals surface area contributed by atoms with Crippen LogP contribution in [0.4, 0.5) is 5.69 Å². The zero-order valence-corrected chi connectivity index (χ0v) is 23.8. The van der Waals surface area contributed by atoms with Crippen LogP contribution in [-0.4, -0.2) is 30.4 Å². The largest absolute Gasteiger partial charge is 0.493 e. The Balaban J connectivity index is 1.79. The highest BCUT2D eigenvalue weighted by molar-refractivity contribution is 8.00. The number of carbonyl (C=O) groups is 1. The van der Waals surface area contributed by atoms with Crippen LogP contribution in [0.25, 0.3) is 22.4 Å². The van der Waals surface area contributed by atoms with Gasteiger partial charge in [0.15, 0.2) is 11.5 Å². The first-order chi connectivity index (χ1) is 18.7. The number of benzene rings is 3. The fraction of sp³-hybridized carbons (Fsp3) is 0.219. The third-order valence-corrected chi connectivity index (χ3v) is 7.61. The predicted octanol–water partition coefficient (Wildman–Crippen LogP) is 7.35. The molecule has 3 aromatic carbocycles. The Kier molecular flexibility index (Phi) is 8.58. The van der Waals surface area contributed by atoms with Gasteiger partial charge in [0.05, 0.1) is 30.7 Å². The molecule has 0 unspecified atom stereocenters. The molecule has 0 saturated carbocycles. The lowest BCUT2D eigenvalue weighted by Gasteiger charge is -2.18. The quantitative estimate of drug-likeness (QED) is 0.237. The van der Waals surface area contributed by atoms with Crippen molar-refractivity contribution in [2.75, 3.05) is 19.5 Å². The lowest BCUT2D eigenvalue weighted by atomic mass is 9.98. The number of pyridine rings is 1. The minimum atomic E-state index is -0.505. The second-order valence-corrected chi connectivity index (χ2v) is 10.6. The van der Waals surface area contributed by atoms with Crippen molar-refractivity contribution in [1.82, 2.24) is 4.98 Å². The van der Waals surface area contributed by atoms with Crippen LogP contribution < -0.4 is 14.8 Å². The molecule has 4 rings (SSSR count). The van der Waals surface area contributed by atoms with Gasteiger partial charge >= 0.3 is 0 Å². The van der Waals surface area contributed by atoms with E-state index in [0.29, 0.717) is 33.3 Å². The zero-order chi connectivity index (χ0) is 28.1. The number of amides is 1. The van der Waals surface area contributed by atoms with Crippen molar-refractivity contribution in [3.63, 3.8) is 0 Å². The van der Waals surface area contributed by atoms with Gasteiger partial charge < -0.3 is 14.8 Å². The van der Waals surface area contributed by atoms with Crippen molar-refractivity contribution in [3.05, 3.63) is 89.0 Å². The van der Waals surface area contributed by atoms with E-state index in [1.807, 2.05) is 94.4 Å². The summed E-state index contributed by atoms with van der Waals surface area (Å²) >= 11 is 1.27. The molecule has 0 aliphatic heterocycles. The summed E-state index contributed by atoms with van der Waals surface area (Å²) in [5.41, 5.74) is 7.45. The number of para-hydroxylation sites is 1. The SMILES string of the molecule is COc1ccc(-c2cc(-c3ccc(C)cc3)nc(S[C@@H](C)C(=O)Nc3c(C)cccc3C)c2C#N)cc1OC. The van der Waals surface area contributed by atoms with E-state index in [1.54, 1.807) is 14.2 Å². The molecule has 0 aliphatic rings. The number of carbonyl (C=O) groups excluding carboxylic acids is 1. The molecule has 4 aromatic rings. The van der Waals surface area contributed by atoms with Gasteiger partial charge in [-0.2, -0.15) is 5.26 Å². The van der Waals surface area contributed by atoms with Crippen molar-refractivity contribution in [2.45, 2.75) is 38.0 Å². The van der Waals surface area contributed by atoms with E-state index >= 15 is 0 Å². The number of aromatic nitrogens is 1. The van der Waals surface area contributed by atoms with E-state index in [4.69, 9.17) is 14.5 Å². The number of methoxy groups -OCH3 is 2. The molecule has 0 spiro atoms. The minimum absolute atomic E-state index is 0.156. The number of ether oxygens (including phenoxy) is 2. The standard InChI is InChI=1S/C32H31N3O3S/c1-19-10-12-23(13-11-19)27-17-25(24-14-15-28(37-5)29(16-24)38-6)26(18-33)32(34-27)39-22(4)31(36)35-30-20(2)8-7-9-21(30)3/h7-17,22H,1-6H3,(H,35,36)/t22-/m0/s1. The van der Waals surface area contributed by atoms with Gasteiger partial charge in [-0.05, 0) is 62.6 Å². The Labute approximate surface area is 234 Å². The van der Waals surface area contributed by atoms with Crippen LogP contribution in [0.3, 0.4) is 0 Å². The molecule has 0 radical (unpaired) electrons. The number of thioether (sulfide) groups is 1. The minimum Gasteiger partial charge on any atom is -0.493 e. The maximum Gasteiger partial charge on any atom is 0.237 e. The van der Waals surface area contributed by atoms with E-state index in [0.717, 1.165) is 33.5 Å². The van der Waals surface area contributed by atoms with E-state index < -0.39 is 5.25 Å². The topological polar surface area (TPSA) is 84.2 Å². The van der Waals surface area contributed by atoms with Gasteiger partial charge in [0.25, 0.3) is 0 Å². The van der Waals surface area contributed by atoms with Crippen LogP contribution in [0.15, 0.2) is 71.8 Å². The summed E-state index contributed by atoms with van der Waals surface area (Å²) in [5.74, 6) is 0.999. The summed E-state index contributed by atoms with van der Waals surface area (Å²) in [7, 11) is 3.16. The third kappa shape index (κ3) is 6.08. The lowest BCUT2D eigenvalue weighted by molar-refractivity contribution is -0.115. The number of nitrogens with zero attached hydrogens (tertiary/aromatic N) is 2. The summed E-state index contributed by atoms with van der Waals surface area (Å²) in [6.45, 7) is 7.79. The van der Waals surface area contributed by atoms with Crippen LogP contribution in [0.5, 0.6) is 11.5 Å². The first-order valence-electron chi connectivity index (χ1n) is 12.5. The number of aryl methyl sites for hydroxylation is 3. The molecule has 39 heavy (non-hydrogen) atoms. The van der Waals surface area contributed by atoms with Crippen molar-refractivity contribution < 1.29 is 14.3 Å². The van der Waals surface area contributed by atoms with Gasteiger partial charge in [-0.1, -0.05) is 65.9 Å². The second-order valence-electron chi connectivity index (χ2n) is 9.30. The average molecular weight is 538 g/mol. The van der Waals surface area contributed by atoms with Gasteiger partial charge in [-0.3, -0.25) is 4.79 Å². The van der Waals surface area contributed by atoms with E-state index in [1.165, 1.54) is 11.8 Å². The molecule has 0 aliphatic carbocycles. The van der Waals surface area contributed by atoms with Crippen LogP contribution in [0, 0.1) is 32.1 Å². The molecule has 198 valence electrons. The van der Waals surface area contributed by atoms with Crippen molar-refractivity contribution in [1.29, 1.82) is 5.26 Å². The number of nitrogens with one attached hydrogen (secondary N) is 1. The van der Waals surface area contributed by atoms with E-state index in [9.17, 15) is 10.1 Å². The third-order valence-electron chi connectivity index (χ3n) is 6.53. The van der Waals surface area contributed by atoms with Crippen LogP contribution in [-0.2, 0) is 4.79 Å². The zero-order valence-electron chi connectivity index (χ0n) is 23.0. The fourth-order valence-corrected chi connectivity index (χ4v) is 5.20. The van der Waals surface area contributed by atoms with Crippen LogP contribution in [0.2, 0.25) is 0 Å². The summed E-state index contributed by atoms with van der Waals surface area (Å²) in [6.07, 6.45) is 0. The molecule has 0 fully saturated rings. The lowest BCUT2D eigenvalue weighted by Crippen LogP contribution is -2.23. The Hall–Kier alpha value is -4.28. The number of hydrogen-bond donors (Lipinski definition) is 1. The molecule has 1 atom stereocenters. The summed E-state index contributed by atoms with van der Waals surface area (Å²) < 4.78 is 10.9. The number of hydrogen-bond acceptors (Lipinski definition) is 6. The summed E-state index contributed by atoms with van der Waals surface area (Å²) in [5, 5.41) is 13.3. The Morgan fingerprint density at radius 1 is 0.923 bits per heavy atom. The number of rotatable bonds is 8. The summed E-state index contributed by atoms with van der Waals surface area (Å²) in [6, 6.07) is 23.8. The highest BCUT2D eigenvalue weighted by Crippen LogP contribution is 2.39. The highest BCUT2D eigenvalue weighted by atomic mass is 32.2. The van der Waals surface area contributed by atoms with E-state index in [-0.39, 0.29) is 5.91 Å². The molecule has 1 aromatic heterocycles. The molecule has 0 saturated heterocycles. The molecular weight excluding hydrogens is 506 g/mol.